The molecule has 2 N–H and O–H groups in total. The number of aliphatic hydroxyl groups excluding tert-OH is 1. The third-order valence-corrected chi connectivity index (χ3v) is 3.39. The predicted octanol–water partition coefficient (Wildman–Crippen LogP) is 2.03. The SMILES string of the molecule is COc1ccc(NCC2CCOCC2)cc1CO. The number of rotatable bonds is 5. The number of hydrogen-bond acceptors (Lipinski definition) is 4. The Morgan fingerprint density at radius 3 is 2.83 bits per heavy atom. The largest absolute Gasteiger partial charge is 0.496 e. The van der Waals surface area contributed by atoms with Crippen LogP contribution in [0.3, 0.4) is 0 Å². The normalized spacial score (nSPS) is 16.6. The molecule has 1 heterocycles. The van der Waals surface area contributed by atoms with Gasteiger partial charge in [-0.25, -0.2) is 0 Å². The van der Waals surface area contributed by atoms with E-state index >= 15 is 0 Å². The predicted molar refractivity (Wildman–Crippen MR) is 70.9 cm³/mol. The molecule has 1 saturated heterocycles. The van der Waals surface area contributed by atoms with Crippen molar-refractivity contribution in [2.24, 2.45) is 5.92 Å². The molecule has 0 unspecified atom stereocenters. The molecule has 1 aromatic rings. The summed E-state index contributed by atoms with van der Waals surface area (Å²) in [5, 5.41) is 12.7. The minimum atomic E-state index is -0.00401. The van der Waals surface area contributed by atoms with E-state index in [1.165, 1.54) is 0 Å². The van der Waals surface area contributed by atoms with Gasteiger partial charge in [0.2, 0.25) is 0 Å². The van der Waals surface area contributed by atoms with Crippen molar-refractivity contribution in [3.63, 3.8) is 0 Å². The molecule has 18 heavy (non-hydrogen) atoms. The Morgan fingerprint density at radius 1 is 1.39 bits per heavy atom. The van der Waals surface area contributed by atoms with Crippen LogP contribution in [0, 0.1) is 5.92 Å². The van der Waals surface area contributed by atoms with E-state index in [1.54, 1.807) is 7.11 Å². The first-order valence-corrected chi connectivity index (χ1v) is 6.43. The van der Waals surface area contributed by atoms with Crippen molar-refractivity contribution >= 4 is 5.69 Å². The van der Waals surface area contributed by atoms with Crippen LogP contribution in [0.15, 0.2) is 18.2 Å². The molecule has 0 spiro atoms. The van der Waals surface area contributed by atoms with Crippen LogP contribution in [0.5, 0.6) is 5.75 Å². The van der Waals surface area contributed by atoms with Gasteiger partial charge in [0, 0.05) is 31.0 Å². The number of benzene rings is 1. The second kappa shape index (κ2) is 6.61. The van der Waals surface area contributed by atoms with Gasteiger partial charge in [-0.3, -0.25) is 0 Å². The first kappa shape index (κ1) is 13.2. The van der Waals surface area contributed by atoms with Crippen LogP contribution >= 0.6 is 0 Å². The molecule has 2 rings (SSSR count). The molecule has 0 saturated carbocycles. The summed E-state index contributed by atoms with van der Waals surface area (Å²) in [6.45, 7) is 2.70. The van der Waals surface area contributed by atoms with Crippen molar-refractivity contribution in [1.82, 2.24) is 0 Å². The molecule has 0 amide bonds. The topological polar surface area (TPSA) is 50.7 Å². The summed E-state index contributed by atoms with van der Waals surface area (Å²) in [6.07, 6.45) is 2.24. The summed E-state index contributed by atoms with van der Waals surface area (Å²) in [5.41, 5.74) is 1.85. The summed E-state index contributed by atoms with van der Waals surface area (Å²) >= 11 is 0. The van der Waals surface area contributed by atoms with Gasteiger partial charge in [0.15, 0.2) is 0 Å². The Hall–Kier alpha value is -1.26. The molecule has 0 aromatic heterocycles. The molecular weight excluding hydrogens is 230 g/mol. The van der Waals surface area contributed by atoms with Gasteiger partial charge >= 0.3 is 0 Å². The van der Waals surface area contributed by atoms with Gasteiger partial charge in [0.25, 0.3) is 0 Å². The Labute approximate surface area is 108 Å². The molecule has 0 atom stereocenters. The fraction of sp³-hybridized carbons (Fsp3) is 0.571. The maximum atomic E-state index is 9.27. The maximum absolute atomic E-state index is 9.27. The van der Waals surface area contributed by atoms with E-state index in [-0.39, 0.29) is 6.61 Å². The Bertz CT molecular complexity index is 375. The smallest absolute Gasteiger partial charge is 0.124 e. The van der Waals surface area contributed by atoms with Crippen LogP contribution < -0.4 is 10.1 Å². The summed E-state index contributed by atoms with van der Waals surface area (Å²) in [5.74, 6) is 1.41. The highest BCUT2D eigenvalue weighted by molar-refractivity contribution is 5.51. The molecular formula is C14H21NO3. The second-order valence-corrected chi connectivity index (χ2v) is 4.62. The van der Waals surface area contributed by atoms with Gasteiger partial charge in [-0.2, -0.15) is 0 Å². The van der Waals surface area contributed by atoms with E-state index in [0.717, 1.165) is 49.6 Å². The molecule has 4 heteroatoms. The third kappa shape index (κ3) is 3.37. The van der Waals surface area contributed by atoms with Crippen LogP contribution in [-0.4, -0.2) is 32.0 Å². The van der Waals surface area contributed by atoms with Crippen molar-refractivity contribution < 1.29 is 14.6 Å². The van der Waals surface area contributed by atoms with Crippen molar-refractivity contribution in [1.29, 1.82) is 0 Å². The zero-order valence-electron chi connectivity index (χ0n) is 10.8. The van der Waals surface area contributed by atoms with Crippen molar-refractivity contribution in [3.8, 4) is 5.75 Å². The fourth-order valence-corrected chi connectivity index (χ4v) is 2.22. The van der Waals surface area contributed by atoms with Gasteiger partial charge in [-0.15, -0.1) is 0 Å². The molecule has 0 aliphatic carbocycles. The zero-order chi connectivity index (χ0) is 12.8. The Kier molecular flexibility index (Phi) is 4.84. The van der Waals surface area contributed by atoms with E-state index in [9.17, 15) is 5.11 Å². The lowest BCUT2D eigenvalue weighted by Crippen LogP contribution is -2.22. The van der Waals surface area contributed by atoms with Crippen molar-refractivity contribution in [2.45, 2.75) is 19.4 Å². The van der Waals surface area contributed by atoms with Crippen molar-refractivity contribution in [2.75, 3.05) is 32.2 Å². The minimum Gasteiger partial charge on any atom is -0.496 e. The van der Waals surface area contributed by atoms with Gasteiger partial charge in [0.1, 0.15) is 5.75 Å². The van der Waals surface area contributed by atoms with Crippen LogP contribution in [0.25, 0.3) is 0 Å². The minimum absolute atomic E-state index is 0.00401. The number of nitrogens with one attached hydrogen (secondary N) is 1. The summed E-state index contributed by atoms with van der Waals surface area (Å²) in [4.78, 5) is 0. The first-order chi connectivity index (χ1) is 8.83. The van der Waals surface area contributed by atoms with Crippen LogP contribution in [0.4, 0.5) is 5.69 Å². The lowest BCUT2D eigenvalue weighted by atomic mass is 10.0. The molecule has 100 valence electrons. The third-order valence-electron chi connectivity index (χ3n) is 3.39. The molecule has 1 aliphatic rings. The number of anilines is 1. The number of ether oxygens (including phenoxy) is 2. The van der Waals surface area contributed by atoms with Gasteiger partial charge in [-0.05, 0) is 37.0 Å². The lowest BCUT2D eigenvalue weighted by molar-refractivity contribution is 0.0699. The average molecular weight is 251 g/mol. The van der Waals surface area contributed by atoms with E-state index in [1.807, 2.05) is 18.2 Å². The van der Waals surface area contributed by atoms with Crippen LogP contribution in [0.1, 0.15) is 18.4 Å². The van der Waals surface area contributed by atoms with Gasteiger partial charge in [-0.1, -0.05) is 0 Å². The highest BCUT2D eigenvalue weighted by atomic mass is 16.5. The Morgan fingerprint density at radius 2 is 2.17 bits per heavy atom. The van der Waals surface area contributed by atoms with Crippen LogP contribution in [-0.2, 0) is 11.3 Å². The van der Waals surface area contributed by atoms with E-state index in [2.05, 4.69) is 5.32 Å². The van der Waals surface area contributed by atoms with Crippen molar-refractivity contribution in [3.05, 3.63) is 23.8 Å². The molecule has 0 radical (unpaired) electrons. The number of hydrogen-bond donors (Lipinski definition) is 2. The van der Waals surface area contributed by atoms with Crippen LogP contribution in [0.2, 0.25) is 0 Å². The van der Waals surface area contributed by atoms with E-state index in [0.29, 0.717) is 5.92 Å². The van der Waals surface area contributed by atoms with E-state index < -0.39 is 0 Å². The molecule has 1 aromatic carbocycles. The fourth-order valence-electron chi connectivity index (χ4n) is 2.22. The number of aliphatic hydroxyl groups is 1. The standard InChI is InChI=1S/C14H21NO3/c1-17-14-3-2-13(8-12(14)10-16)15-9-11-4-6-18-7-5-11/h2-3,8,11,15-16H,4-7,9-10H2,1H3. The summed E-state index contributed by atoms with van der Waals surface area (Å²) in [7, 11) is 1.61. The Balaban J connectivity index is 1.92. The number of methoxy groups -OCH3 is 1. The second-order valence-electron chi connectivity index (χ2n) is 4.62. The highest BCUT2D eigenvalue weighted by Crippen LogP contribution is 2.23. The van der Waals surface area contributed by atoms with Gasteiger partial charge in [0.05, 0.1) is 13.7 Å². The molecule has 1 fully saturated rings. The lowest BCUT2D eigenvalue weighted by Gasteiger charge is -2.22. The quantitative estimate of drug-likeness (QED) is 0.840. The van der Waals surface area contributed by atoms with E-state index in [4.69, 9.17) is 9.47 Å². The summed E-state index contributed by atoms with van der Waals surface area (Å²) < 4.78 is 10.5. The average Bonchev–Trinajstić information content (AvgIpc) is 2.45. The zero-order valence-corrected chi connectivity index (χ0v) is 10.8. The molecule has 0 bridgehead atoms. The molecule has 4 nitrogen and oxygen atoms in total. The summed E-state index contributed by atoms with van der Waals surface area (Å²) in [6, 6.07) is 5.81. The first-order valence-electron chi connectivity index (χ1n) is 6.43. The van der Waals surface area contributed by atoms with Gasteiger partial charge < -0.3 is 19.9 Å². The monoisotopic (exact) mass is 251 g/mol. The maximum Gasteiger partial charge on any atom is 0.124 e. The molecule has 1 aliphatic heterocycles. The highest BCUT2D eigenvalue weighted by Gasteiger charge is 2.13.